The molecule has 0 radical (unpaired) electrons. The lowest BCUT2D eigenvalue weighted by molar-refractivity contribution is -0.137. The number of carbonyl (C=O) groups is 1. The van der Waals surface area contributed by atoms with E-state index < -0.39 is 23.7 Å². The van der Waals surface area contributed by atoms with Crippen LogP contribution < -0.4 is 5.32 Å². The molecule has 0 aliphatic heterocycles. The minimum absolute atomic E-state index is 0.0245. The molecule has 2 heterocycles. The molecule has 1 aromatic carbocycles. The number of carbonyl (C=O) groups excluding carboxylic acids is 1. The maximum absolute atomic E-state index is 13.3. The lowest BCUT2D eigenvalue weighted by atomic mass is 10.0. The third-order valence-corrected chi connectivity index (χ3v) is 4.88. The Hall–Kier alpha value is -3.36. The van der Waals surface area contributed by atoms with Crippen molar-refractivity contribution in [2.24, 2.45) is 0 Å². The van der Waals surface area contributed by atoms with Crippen molar-refractivity contribution in [3.05, 3.63) is 71.6 Å². The molecule has 154 valence electrons. The van der Waals surface area contributed by atoms with Gasteiger partial charge in [0.15, 0.2) is 0 Å². The quantitative estimate of drug-likeness (QED) is 0.674. The molecular weight excluding hydrogens is 395 g/mol. The second-order valence-corrected chi connectivity index (χ2v) is 7.19. The summed E-state index contributed by atoms with van der Waals surface area (Å²) < 4.78 is 39.9. The number of amides is 1. The molecule has 1 fully saturated rings. The molecule has 30 heavy (non-hydrogen) atoms. The van der Waals surface area contributed by atoms with Crippen molar-refractivity contribution in [3.8, 4) is 11.4 Å². The van der Waals surface area contributed by atoms with Crippen molar-refractivity contribution < 1.29 is 18.0 Å². The van der Waals surface area contributed by atoms with Crippen LogP contribution in [0.3, 0.4) is 0 Å². The van der Waals surface area contributed by atoms with Gasteiger partial charge in [-0.25, -0.2) is 0 Å². The molecular formula is C21H18F3N5O. The van der Waals surface area contributed by atoms with E-state index in [4.69, 9.17) is 0 Å². The maximum Gasteiger partial charge on any atom is 0.416 e. The van der Waals surface area contributed by atoms with Crippen LogP contribution >= 0.6 is 0 Å². The largest absolute Gasteiger partial charge is 0.416 e. The number of hydrogen-bond donors (Lipinski definition) is 1. The lowest BCUT2D eigenvalue weighted by Gasteiger charge is -2.17. The van der Waals surface area contributed by atoms with Crippen molar-refractivity contribution in [2.75, 3.05) is 0 Å². The van der Waals surface area contributed by atoms with Crippen molar-refractivity contribution in [3.63, 3.8) is 0 Å². The Labute approximate surface area is 170 Å². The summed E-state index contributed by atoms with van der Waals surface area (Å²) in [4.78, 5) is 29.6. The van der Waals surface area contributed by atoms with Crippen molar-refractivity contribution in [1.29, 1.82) is 0 Å². The molecule has 1 aliphatic rings. The van der Waals surface area contributed by atoms with Crippen LogP contribution in [0.4, 0.5) is 13.2 Å². The Bertz CT molecular complexity index is 1070. The standard InChI is InChI=1S/C21H18F3N5O/c1-12(18-19(28-7-6-27-18)17-11-25-4-5-26-17)29-20(30)15-8-14(13-2-3-13)9-16(10-15)21(22,23)24/h4-13H,2-3H2,1H3,(H,29,30). The molecule has 6 nitrogen and oxygen atoms in total. The van der Waals surface area contributed by atoms with Gasteiger partial charge in [-0.1, -0.05) is 0 Å². The zero-order valence-corrected chi connectivity index (χ0v) is 16.0. The van der Waals surface area contributed by atoms with Gasteiger partial charge in [-0.15, -0.1) is 0 Å². The molecule has 1 atom stereocenters. The molecule has 1 amide bonds. The molecule has 3 aromatic rings. The number of hydrogen-bond acceptors (Lipinski definition) is 5. The van der Waals surface area contributed by atoms with Crippen LogP contribution in [0, 0.1) is 0 Å². The number of alkyl halides is 3. The maximum atomic E-state index is 13.3. The monoisotopic (exact) mass is 413 g/mol. The van der Waals surface area contributed by atoms with E-state index in [1.165, 1.54) is 37.1 Å². The molecule has 1 aliphatic carbocycles. The summed E-state index contributed by atoms with van der Waals surface area (Å²) in [7, 11) is 0. The first-order valence-corrected chi connectivity index (χ1v) is 9.43. The molecule has 0 saturated heterocycles. The fraction of sp³-hybridized carbons (Fsp3) is 0.286. The van der Waals surface area contributed by atoms with Gasteiger partial charge in [-0.05, 0) is 49.4 Å². The topological polar surface area (TPSA) is 80.7 Å². The molecule has 1 unspecified atom stereocenters. The van der Waals surface area contributed by atoms with Gasteiger partial charge in [-0.3, -0.25) is 24.7 Å². The average Bonchev–Trinajstić information content (AvgIpc) is 3.59. The highest BCUT2D eigenvalue weighted by Gasteiger charge is 2.34. The Morgan fingerprint density at radius 3 is 2.47 bits per heavy atom. The normalized spacial score (nSPS) is 14.9. The first-order chi connectivity index (χ1) is 14.3. The summed E-state index contributed by atoms with van der Waals surface area (Å²) in [5.41, 5.74) is 1.08. The van der Waals surface area contributed by atoms with Crippen LogP contribution in [0.1, 0.15) is 58.9 Å². The fourth-order valence-corrected chi connectivity index (χ4v) is 3.23. The summed E-state index contributed by atoms with van der Waals surface area (Å²) >= 11 is 0. The fourth-order valence-electron chi connectivity index (χ4n) is 3.23. The molecule has 2 aromatic heterocycles. The number of benzene rings is 1. The van der Waals surface area contributed by atoms with E-state index in [0.29, 0.717) is 22.6 Å². The van der Waals surface area contributed by atoms with Crippen LogP contribution in [0.5, 0.6) is 0 Å². The number of nitrogens with zero attached hydrogens (tertiary/aromatic N) is 4. The van der Waals surface area contributed by atoms with E-state index in [2.05, 4.69) is 25.3 Å². The van der Waals surface area contributed by atoms with Gasteiger partial charge in [0.05, 0.1) is 23.5 Å². The van der Waals surface area contributed by atoms with Crippen LogP contribution in [-0.2, 0) is 6.18 Å². The highest BCUT2D eigenvalue weighted by Crippen LogP contribution is 2.42. The molecule has 9 heteroatoms. The van der Waals surface area contributed by atoms with Crippen molar-refractivity contribution in [1.82, 2.24) is 25.3 Å². The van der Waals surface area contributed by atoms with E-state index in [9.17, 15) is 18.0 Å². The Balaban J connectivity index is 1.62. The molecule has 1 N–H and O–H groups in total. The van der Waals surface area contributed by atoms with Crippen LogP contribution in [0.15, 0.2) is 49.2 Å². The van der Waals surface area contributed by atoms with Gasteiger partial charge in [0.1, 0.15) is 11.4 Å². The van der Waals surface area contributed by atoms with Gasteiger partial charge >= 0.3 is 6.18 Å². The molecule has 4 rings (SSSR count). The smallest absolute Gasteiger partial charge is 0.344 e. The second-order valence-electron chi connectivity index (χ2n) is 7.19. The Morgan fingerprint density at radius 1 is 1.07 bits per heavy atom. The third-order valence-electron chi connectivity index (χ3n) is 4.88. The third kappa shape index (κ3) is 4.29. The highest BCUT2D eigenvalue weighted by atomic mass is 19.4. The predicted molar refractivity (Wildman–Crippen MR) is 102 cm³/mol. The summed E-state index contributed by atoms with van der Waals surface area (Å²) in [6.07, 6.45) is 4.69. The van der Waals surface area contributed by atoms with E-state index in [1.54, 1.807) is 6.92 Å². The second kappa shape index (κ2) is 7.81. The first kappa shape index (κ1) is 19.9. The number of nitrogens with one attached hydrogen (secondary N) is 1. The zero-order valence-electron chi connectivity index (χ0n) is 16.0. The number of halogens is 3. The minimum atomic E-state index is -4.52. The van der Waals surface area contributed by atoms with Crippen molar-refractivity contribution in [2.45, 2.75) is 37.9 Å². The SMILES string of the molecule is CC(NC(=O)c1cc(C2CC2)cc(C(F)(F)F)c1)c1nccnc1-c1cnccn1. The molecule has 1 saturated carbocycles. The minimum Gasteiger partial charge on any atom is -0.344 e. The average molecular weight is 413 g/mol. The van der Waals surface area contributed by atoms with Crippen LogP contribution in [-0.4, -0.2) is 25.8 Å². The predicted octanol–water partition coefficient (Wildman–Crippen LogP) is 4.32. The Morgan fingerprint density at radius 2 is 1.80 bits per heavy atom. The number of rotatable bonds is 5. The van der Waals surface area contributed by atoms with Gasteiger partial charge in [0.25, 0.3) is 5.91 Å². The summed E-state index contributed by atoms with van der Waals surface area (Å²) in [5.74, 6) is -0.522. The van der Waals surface area contributed by atoms with E-state index >= 15 is 0 Å². The van der Waals surface area contributed by atoms with Crippen molar-refractivity contribution >= 4 is 5.91 Å². The molecule has 0 bridgehead atoms. The van der Waals surface area contributed by atoms with Crippen LogP contribution in [0.2, 0.25) is 0 Å². The highest BCUT2D eigenvalue weighted by molar-refractivity contribution is 5.95. The summed E-state index contributed by atoms with van der Waals surface area (Å²) in [6, 6.07) is 2.94. The van der Waals surface area contributed by atoms with E-state index in [-0.39, 0.29) is 11.5 Å². The van der Waals surface area contributed by atoms with E-state index in [1.807, 2.05) is 0 Å². The lowest BCUT2D eigenvalue weighted by Crippen LogP contribution is -2.28. The molecule has 0 spiro atoms. The van der Waals surface area contributed by atoms with Gasteiger partial charge in [0, 0.05) is 30.4 Å². The Kier molecular flexibility index (Phi) is 5.19. The summed E-state index contributed by atoms with van der Waals surface area (Å²) in [6.45, 7) is 1.69. The van der Waals surface area contributed by atoms with Gasteiger partial charge < -0.3 is 5.32 Å². The van der Waals surface area contributed by atoms with Crippen LogP contribution in [0.25, 0.3) is 11.4 Å². The zero-order chi connectivity index (χ0) is 21.3. The van der Waals surface area contributed by atoms with Gasteiger partial charge in [0.2, 0.25) is 0 Å². The van der Waals surface area contributed by atoms with E-state index in [0.717, 1.165) is 25.0 Å². The summed E-state index contributed by atoms with van der Waals surface area (Å²) in [5, 5.41) is 2.73. The number of aromatic nitrogens is 4. The first-order valence-electron chi connectivity index (χ1n) is 9.43. The van der Waals surface area contributed by atoms with Gasteiger partial charge in [-0.2, -0.15) is 13.2 Å².